The summed E-state index contributed by atoms with van der Waals surface area (Å²) in [7, 11) is 0. The van der Waals surface area contributed by atoms with E-state index >= 15 is 0 Å². The van der Waals surface area contributed by atoms with Crippen LogP contribution in [0.5, 0.6) is 0 Å². The van der Waals surface area contributed by atoms with E-state index in [-0.39, 0.29) is 0 Å². The smallest absolute Gasteiger partial charge is 0.0880 e. The Balaban J connectivity index is 3.03. The molecule has 28 heavy (non-hydrogen) atoms. The molecule has 1 nitrogen and oxygen atoms in total. The molecule has 0 aromatic heterocycles. The average Bonchev–Trinajstić information content (AvgIpc) is 2.71. The van der Waals surface area contributed by atoms with Crippen molar-refractivity contribution in [3.63, 3.8) is 0 Å². The van der Waals surface area contributed by atoms with Crippen LogP contribution in [-0.2, 0) is 0 Å². The molecule has 0 heterocycles. The third-order valence-corrected chi connectivity index (χ3v) is 6.05. The van der Waals surface area contributed by atoms with Gasteiger partial charge in [-0.15, -0.1) is 0 Å². The SMILES string of the molecule is CCCCCCCCCCCCCCCCCCCCCCC/C=C(\O)CC. The second-order valence-corrected chi connectivity index (χ2v) is 8.91. The molecular formula is C27H54O. The molecule has 0 aromatic carbocycles. The largest absolute Gasteiger partial charge is 0.513 e. The van der Waals surface area contributed by atoms with Crippen LogP contribution in [0.25, 0.3) is 0 Å². The maximum Gasteiger partial charge on any atom is 0.0880 e. The minimum atomic E-state index is 0.563. The predicted molar refractivity (Wildman–Crippen MR) is 128 cm³/mol. The van der Waals surface area contributed by atoms with Gasteiger partial charge in [0.25, 0.3) is 0 Å². The van der Waals surface area contributed by atoms with Gasteiger partial charge in [0, 0.05) is 6.42 Å². The second-order valence-electron chi connectivity index (χ2n) is 8.91. The third-order valence-electron chi connectivity index (χ3n) is 6.05. The van der Waals surface area contributed by atoms with E-state index in [2.05, 4.69) is 6.92 Å². The first kappa shape index (κ1) is 27.5. The van der Waals surface area contributed by atoms with E-state index in [9.17, 15) is 5.11 Å². The molecule has 0 aromatic rings. The minimum absolute atomic E-state index is 0.563. The summed E-state index contributed by atoms with van der Waals surface area (Å²) in [5.41, 5.74) is 0. The molecule has 0 radical (unpaired) electrons. The predicted octanol–water partition coefficient (Wildman–Crippen LogP) is 10.4. The lowest BCUT2D eigenvalue weighted by Gasteiger charge is -2.04. The number of hydrogen-bond donors (Lipinski definition) is 1. The number of hydrogen-bond acceptors (Lipinski definition) is 1. The highest BCUT2D eigenvalue weighted by atomic mass is 16.3. The number of allylic oxidation sites excluding steroid dienone is 2. The fourth-order valence-corrected chi connectivity index (χ4v) is 3.99. The van der Waals surface area contributed by atoms with Crippen molar-refractivity contribution in [1.82, 2.24) is 0 Å². The van der Waals surface area contributed by atoms with Crippen molar-refractivity contribution in [2.45, 2.75) is 162 Å². The molecule has 0 aliphatic carbocycles. The summed E-state index contributed by atoms with van der Waals surface area (Å²) in [5, 5.41) is 9.38. The average molecular weight is 395 g/mol. The van der Waals surface area contributed by atoms with Crippen LogP contribution in [0.4, 0.5) is 0 Å². The summed E-state index contributed by atoms with van der Waals surface area (Å²) in [6.07, 6.45) is 33.9. The van der Waals surface area contributed by atoms with Crippen molar-refractivity contribution in [2.75, 3.05) is 0 Å². The maximum atomic E-state index is 9.38. The van der Waals surface area contributed by atoms with Gasteiger partial charge in [0.1, 0.15) is 0 Å². The topological polar surface area (TPSA) is 20.2 Å². The Hall–Kier alpha value is -0.460. The lowest BCUT2D eigenvalue weighted by molar-refractivity contribution is 0.391. The van der Waals surface area contributed by atoms with E-state index in [0.29, 0.717) is 5.76 Å². The fourth-order valence-electron chi connectivity index (χ4n) is 3.99. The summed E-state index contributed by atoms with van der Waals surface area (Å²) in [4.78, 5) is 0. The van der Waals surface area contributed by atoms with Crippen LogP contribution in [0.15, 0.2) is 11.8 Å². The van der Waals surface area contributed by atoms with Gasteiger partial charge in [0.15, 0.2) is 0 Å². The molecule has 0 spiro atoms. The van der Waals surface area contributed by atoms with Gasteiger partial charge in [-0.3, -0.25) is 0 Å². The molecule has 0 saturated carbocycles. The maximum absolute atomic E-state index is 9.38. The Morgan fingerprint density at radius 1 is 0.464 bits per heavy atom. The molecule has 0 aliphatic rings. The normalized spacial score (nSPS) is 12.0. The standard InChI is InChI=1S/C27H54O/c1-3-5-6-7-8-9-10-11-12-13-14-15-16-17-18-19-20-21-22-23-24-25-26-27(28)4-2/h26,28H,3-25H2,1-2H3/b27-26-. The van der Waals surface area contributed by atoms with Crippen LogP contribution >= 0.6 is 0 Å². The fraction of sp³-hybridized carbons (Fsp3) is 0.926. The van der Waals surface area contributed by atoms with Gasteiger partial charge in [-0.25, -0.2) is 0 Å². The summed E-state index contributed by atoms with van der Waals surface area (Å²) in [6.45, 7) is 4.30. The summed E-state index contributed by atoms with van der Waals surface area (Å²) < 4.78 is 0. The Morgan fingerprint density at radius 3 is 1.04 bits per heavy atom. The third kappa shape index (κ3) is 23.6. The molecule has 0 amide bonds. The molecule has 0 bridgehead atoms. The highest BCUT2D eigenvalue weighted by Gasteiger charge is 1.95. The highest BCUT2D eigenvalue weighted by Crippen LogP contribution is 2.15. The van der Waals surface area contributed by atoms with Crippen molar-refractivity contribution in [3.8, 4) is 0 Å². The first-order valence-electron chi connectivity index (χ1n) is 13.2. The zero-order valence-electron chi connectivity index (χ0n) is 19.8. The Bertz CT molecular complexity index is 307. The molecule has 0 rings (SSSR count). The minimum Gasteiger partial charge on any atom is -0.513 e. The summed E-state index contributed by atoms with van der Waals surface area (Å²) >= 11 is 0. The molecule has 1 N–H and O–H groups in total. The first-order chi connectivity index (χ1) is 13.8. The van der Waals surface area contributed by atoms with E-state index < -0.39 is 0 Å². The van der Waals surface area contributed by atoms with Gasteiger partial charge in [0.05, 0.1) is 5.76 Å². The van der Waals surface area contributed by atoms with Crippen LogP contribution < -0.4 is 0 Å². The Kier molecular flexibility index (Phi) is 24.2. The van der Waals surface area contributed by atoms with E-state index in [1.165, 1.54) is 135 Å². The van der Waals surface area contributed by atoms with E-state index in [0.717, 1.165) is 12.8 Å². The lowest BCUT2D eigenvalue weighted by Crippen LogP contribution is -1.84. The van der Waals surface area contributed by atoms with Crippen LogP contribution in [0.1, 0.15) is 162 Å². The Labute approximate surface area is 178 Å². The first-order valence-corrected chi connectivity index (χ1v) is 13.2. The van der Waals surface area contributed by atoms with E-state index in [1.807, 2.05) is 13.0 Å². The summed E-state index contributed by atoms with van der Waals surface area (Å²) in [5.74, 6) is 0.563. The molecule has 0 aliphatic heterocycles. The zero-order valence-corrected chi connectivity index (χ0v) is 19.8. The molecule has 0 fully saturated rings. The molecule has 0 unspecified atom stereocenters. The summed E-state index contributed by atoms with van der Waals surface area (Å²) in [6, 6.07) is 0. The molecule has 1 heteroatoms. The van der Waals surface area contributed by atoms with E-state index in [1.54, 1.807) is 0 Å². The molecule has 168 valence electrons. The number of rotatable bonds is 23. The van der Waals surface area contributed by atoms with Gasteiger partial charge >= 0.3 is 0 Å². The van der Waals surface area contributed by atoms with Crippen molar-refractivity contribution >= 4 is 0 Å². The van der Waals surface area contributed by atoms with Crippen LogP contribution in [0.3, 0.4) is 0 Å². The van der Waals surface area contributed by atoms with Gasteiger partial charge in [-0.2, -0.15) is 0 Å². The van der Waals surface area contributed by atoms with Crippen LogP contribution in [0, 0.1) is 0 Å². The Morgan fingerprint density at radius 2 is 0.750 bits per heavy atom. The van der Waals surface area contributed by atoms with Crippen molar-refractivity contribution in [3.05, 3.63) is 11.8 Å². The monoisotopic (exact) mass is 394 g/mol. The van der Waals surface area contributed by atoms with Gasteiger partial charge in [0.2, 0.25) is 0 Å². The molecule has 0 atom stereocenters. The lowest BCUT2D eigenvalue weighted by atomic mass is 10.0. The van der Waals surface area contributed by atoms with E-state index in [4.69, 9.17) is 0 Å². The van der Waals surface area contributed by atoms with Crippen molar-refractivity contribution < 1.29 is 5.11 Å². The van der Waals surface area contributed by atoms with Gasteiger partial charge in [-0.05, 0) is 18.9 Å². The zero-order chi connectivity index (χ0) is 20.5. The van der Waals surface area contributed by atoms with Crippen molar-refractivity contribution in [1.29, 1.82) is 0 Å². The highest BCUT2D eigenvalue weighted by molar-refractivity contribution is 4.88. The molecular weight excluding hydrogens is 340 g/mol. The quantitative estimate of drug-likeness (QED) is 0.135. The van der Waals surface area contributed by atoms with Crippen molar-refractivity contribution in [2.24, 2.45) is 0 Å². The van der Waals surface area contributed by atoms with Crippen LogP contribution in [-0.4, -0.2) is 5.11 Å². The number of aliphatic hydroxyl groups is 1. The number of aliphatic hydroxyl groups excluding tert-OH is 1. The molecule has 0 saturated heterocycles. The van der Waals surface area contributed by atoms with Gasteiger partial charge < -0.3 is 5.11 Å². The van der Waals surface area contributed by atoms with Crippen LogP contribution in [0.2, 0.25) is 0 Å². The second kappa shape index (κ2) is 24.6. The van der Waals surface area contributed by atoms with Gasteiger partial charge in [-0.1, -0.05) is 142 Å². The number of unbranched alkanes of at least 4 members (excludes halogenated alkanes) is 21.